The van der Waals surface area contributed by atoms with Gasteiger partial charge in [0, 0.05) is 6.20 Å². The van der Waals surface area contributed by atoms with Gasteiger partial charge in [-0.3, -0.25) is 14.2 Å². The van der Waals surface area contributed by atoms with Gasteiger partial charge in [-0.25, -0.2) is 4.39 Å². The summed E-state index contributed by atoms with van der Waals surface area (Å²) in [6.07, 6.45) is 1.45. The lowest BCUT2D eigenvalue weighted by atomic mass is 10.2. The highest BCUT2D eigenvalue weighted by molar-refractivity contribution is 6.67. The van der Waals surface area contributed by atoms with E-state index in [1.165, 1.54) is 29.0 Å². The molecule has 0 atom stereocenters. The van der Waals surface area contributed by atoms with E-state index in [9.17, 15) is 14.0 Å². The molecule has 0 aliphatic heterocycles. The second-order valence-corrected chi connectivity index (χ2v) is 4.15. The average Bonchev–Trinajstić information content (AvgIpc) is 2.33. The predicted molar refractivity (Wildman–Crippen MR) is 66.9 cm³/mol. The predicted octanol–water partition coefficient (Wildman–Crippen LogP) is 2.66. The number of rotatable bonds is 2. The van der Waals surface area contributed by atoms with E-state index in [1.807, 2.05) is 0 Å². The van der Waals surface area contributed by atoms with E-state index < -0.39 is 16.6 Å². The molecule has 18 heavy (non-hydrogen) atoms. The van der Waals surface area contributed by atoms with Gasteiger partial charge in [0.25, 0.3) is 10.8 Å². The van der Waals surface area contributed by atoms with E-state index in [0.717, 1.165) is 0 Å². The number of carbonyl (C=O) groups excluding carboxylic acids is 1. The molecule has 0 saturated heterocycles. The maximum atomic E-state index is 13.4. The van der Waals surface area contributed by atoms with Crippen molar-refractivity contribution >= 4 is 16.8 Å². The molecule has 92 valence electrons. The SMILES string of the molecule is Cc1ccc(-n2cccc(C(=O)Cl)c2=O)cc1F. The van der Waals surface area contributed by atoms with Gasteiger partial charge >= 0.3 is 0 Å². The van der Waals surface area contributed by atoms with Gasteiger partial charge in [-0.15, -0.1) is 0 Å². The first-order valence-electron chi connectivity index (χ1n) is 5.19. The second-order valence-electron chi connectivity index (χ2n) is 3.80. The second kappa shape index (κ2) is 4.74. The first-order valence-corrected chi connectivity index (χ1v) is 5.56. The van der Waals surface area contributed by atoms with E-state index >= 15 is 0 Å². The summed E-state index contributed by atoms with van der Waals surface area (Å²) < 4.78 is 14.6. The molecular formula is C13H9ClFNO2. The quantitative estimate of drug-likeness (QED) is 0.783. The monoisotopic (exact) mass is 265 g/mol. The van der Waals surface area contributed by atoms with Crippen LogP contribution in [-0.4, -0.2) is 9.81 Å². The molecule has 2 aromatic rings. The van der Waals surface area contributed by atoms with Crippen molar-refractivity contribution in [2.75, 3.05) is 0 Å². The number of carbonyl (C=O) groups is 1. The van der Waals surface area contributed by atoms with Crippen LogP contribution in [-0.2, 0) is 0 Å². The van der Waals surface area contributed by atoms with Gasteiger partial charge in [0.2, 0.25) is 0 Å². The Morgan fingerprint density at radius 3 is 2.67 bits per heavy atom. The van der Waals surface area contributed by atoms with E-state index in [1.54, 1.807) is 19.1 Å². The summed E-state index contributed by atoms with van der Waals surface area (Å²) in [5.74, 6) is -0.415. The highest BCUT2D eigenvalue weighted by Gasteiger charge is 2.11. The van der Waals surface area contributed by atoms with Crippen molar-refractivity contribution in [3.05, 3.63) is 63.8 Å². The largest absolute Gasteiger partial charge is 0.284 e. The molecule has 1 aromatic carbocycles. The third-order valence-electron chi connectivity index (χ3n) is 2.59. The number of hydrogen-bond acceptors (Lipinski definition) is 2. The van der Waals surface area contributed by atoms with Crippen LogP contribution < -0.4 is 5.56 Å². The summed E-state index contributed by atoms with van der Waals surface area (Å²) >= 11 is 5.30. The zero-order valence-corrected chi connectivity index (χ0v) is 10.2. The number of hydrogen-bond donors (Lipinski definition) is 0. The van der Waals surface area contributed by atoms with Crippen LogP contribution in [0.25, 0.3) is 5.69 Å². The van der Waals surface area contributed by atoms with Crippen LogP contribution in [0.1, 0.15) is 15.9 Å². The van der Waals surface area contributed by atoms with Crippen molar-refractivity contribution in [1.82, 2.24) is 4.57 Å². The minimum Gasteiger partial charge on any atom is -0.284 e. The zero-order chi connectivity index (χ0) is 13.3. The van der Waals surface area contributed by atoms with Crippen molar-refractivity contribution < 1.29 is 9.18 Å². The lowest BCUT2D eigenvalue weighted by Crippen LogP contribution is -2.23. The zero-order valence-electron chi connectivity index (χ0n) is 9.48. The number of halogens is 2. The lowest BCUT2D eigenvalue weighted by molar-refractivity contribution is 0.108. The van der Waals surface area contributed by atoms with Crippen LogP contribution in [0.4, 0.5) is 4.39 Å². The van der Waals surface area contributed by atoms with Crippen molar-refractivity contribution in [3.8, 4) is 5.69 Å². The summed E-state index contributed by atoms with van der Waals surface area (Å²) in [4.78, 5) is 23.0. The van der Waals surface area contributed by atoms with Gasteiger partial charge < -0.3 is 0 Å². The molecule has 1 heterocycles. The molecule has 0 radical (unpaired) electrons. The van der Waals surface area contributed by atoms with Crippen LogP contribution in [0.2, 0.25) is 0 Å². The van der Waals surface area contributed by atoms with E-state index in [0.29, 0.717) is 11.3 Å². The maximum Gasteiger partial charge on any atom is 0.267 e. The van der Waals surface area contributed by atoms with E-state index in [-0.39, 0.29) is 5.56 Å². The third-order valence-corrected chi connectivity index (χ3v) is 2.80. The highest BCUT2D eigenvalue weighted by atomic mass is 35.5. The van der Waals surface area contributed by atoms with Crippen LogP contribution >= 0.6 is 11.6 Å². The average molecular weight is 266 g/mol. The van der Waals surface area contributed by atoms with Gasteiger partial charge in [0.05, 0.1) is 11.3 Å². The van der Waals surface area contributed by atoms with Crippen LogP contribution in [0, 0.1) is 12.7 Å². The number of benzene rings is 1. The molecule has 0 aliphatic rings. The molecule has 0 fully saturated rings. The summed E-state index contributed by atoms with van der Waals surface area (Å²) in [5.41, 5.74) is 0.125. The van der Waals surface area contributed by atoms with E-state index in [4.69, 9.17) is 11.6 Å². The minimum absolute atomic E-state index is 0.139. The fourth-order valence-corrected chi connectivity index (χ4v) is 1.72. The molecule has 2 rings (SSSR count). The Morgan fingerprint density at radius 1 is 1.33 bits per heavy atom. The smallest absolute Gasteiger partial charge is 0.267 e. The van der Waals surface area contributed by atoms with Crippen LogP contribution in [0.15, 0.2) is 41.3 Å². The Kier molecular flexibility index (Phi) is 3.30. The minimum atomic E-state index is -0.832. The molecule has 0 unspecified atom stereocenters. The molecule has 0 bridgehead atoms. The van der Waals surface area contributed by atoms with E-state index in [2.05, 4.69) is 0 Å². The van der Waals surface area contributed by atoms with Gasteiger partial charge in [-0.2, -0.15) is 0 Å². The van der Waals surface area contributed by atoms with Crippen molar-refractivity contribution in [2.24, 2.45) is 0 Å². The van der Waals surface area contributed by atoms with Crippen LogP contribution in [0.5, 0.6) is 0 Å². The molecule has 0 spiro atoms. The fraction of sp³-hybridized carbons (Fsp3) is 0.0769. The first-order chi connectivity index (χ1) is 8.50. The van der Waals surface area contributed by atoms with Crippen LogP contribution in [0.3, 0.4) is 0 Å². The van der Waals surface area contributed by atoms with Gasteiger partial charge in [0.1, 0.15) is 5.82 Å². The maximum absolute atomic E-state index is 13.4. The topological polar surface area (TPSA) is 39.1 Å². The summed E-state index contributed by atoms with van der Waals surface area (Å²) in [5, 5.41) is -0.832. The number of aromatic nitrogens is 1. The van der Waals surface area contributed by atoms with Crippen molar-refractivity contribution in [3.63, 3.8) is 0 Å². The van der Waals surface area contributed by atoms with Crippen molar-refractivity contribution in [2.45, 2.75) is 6.92 Å². The molecule has 0 aliphatic carbocycles. The van der Waals surface area contributed by atoms with Gasteiger partial charge in [-0.05, 0) is 48.4 Å². The molecule has 3 nitrogen and oxygen atoms in total. The number of pyridine rings is 1. The Hall–Kier alpha value is -1.94. The normalized spacial score (nSPS) is 10.4. The standard InChI is InChI=1S/C13H9ClFNO2/c1-8-4-5-9(7-11(8)15)16-6-2-3-10(12(14)17)13(16)18/h2-7H,1H3. The molecule has 5 heteroatoms. The Morgan fingerprint density at radius 2 is 2.06 bits per heavy atom. The molecular weight excluding hydrogens is 257 g/mol. The Balaban J connectivity index is 2.65. The summed E-state index contributed by atoms with van der Waals surface area (Å²) in [7, 11) is 0. The lowest BCUT2D eigenvalue weighted by Gasteiger charge is -2.07. The third kappa shape index (κ3) is 2.19. The summed E-state index contributed by atoms with van der Waals surface area (Å²) in [6.45, 7) is 1.63. The Labute approximate surface area is 107 Å². The molecule has 0 saturated carbocycles. The van der Waals surface area contributed by atoms with Gasteiger partial charge in [0.15, 0.2) is 0 Å². The highest BCUT2D eigenvalue weighted by Crippen LogP contribution is 2.12. The Bertz CT molecular complexity index is 679. The molecule has 0 amide bonds. The van der Waals surface area contributed by atoms with Gasteiger partial charge in [-0.1, -0.05) is 6.07 Å². The first kappa shape index (κ1) is 12.5. The fourth-order valence-electron chi connectivity index (χ4n) is 1.58. The number of nitrogens with zero attached hydrogens (tertiary/aromatic N) is 1. The number of aryl methyl sites for hydroxylation is 1. The summed E-state index contributed by atoms with van der Waals surface area (Å²) in [6, 6.07) is 7.24. The van der Waals surface area contributed by atoms with Crippen molar-refractivity contribution in [1.29, 1.82) is 0 Å². The molecule has 1 aromatic heterocycles. The molecule has 0 N–H and O–H groups in total.